The summed E-state index contributed by atoms with van der Waals surface area (Å²) in [6, 6.07) is 75.5. The Hall–Kier alpha value is -6.98. The van der Waals surface area contributed by atoms with E-state index >= 15 is 0 Å². The maximum Gasteiger partial charge on any atom is 0.0640 e. The van der Waals surface area contributed by atoms with Crippen LogP contribution < -0.4 is 4.90 Å². The molecule has 0 bridgehead atoms. The van der Waals surface area contributed by atoms with E-state index in [4.69, 9.17) is 0 Å². The van der Waals surface area contributed by atoms with Crippen molar-refractivity contribution in [1.29, 1.82) is 0 Å². The van der Waals surface area contributed by atoms with Gasteiger partial charge in [0, 0.05) is 53.1 Å². The fraction of sp³-hybridized carbons (Fsp3) is 0. The van der Waals surface area contributed by atoms with Crippen LogP contribution >= 0.6 is 22.7 Å². The Morgan fingerprint density at radius 2 is 0.914 bits per heavy atom. The first-order valence-electron chi connectivity index (χ1n) is 19.7. The SMILES string of the molecule is c1ccc(-c2cccc3c2sc2c(N(c4ccc(-c5ccc6c7ccccc7n(-c7ccccc7)c6c5)cc4)c4cccc5c4sc4ccccc45)cccc23)cc1. The van der Waals surface area contributed by atoms with Gasteiger partial charge in [0.2, 0.25) is 0 Å². The van der Waals surface area contributed by atoms with Gasteiger partial charge >= 0.3 is 0 Å². The number of nitrogens with zero attached hydrogens (tertiary/aromatic N) is 2. The van der Waals surface area contributed by atoms with E-state index in [0.717, 1.165) is 5.69 Å². The van der Waals surface area contributed by atoms with Crippen molar-refractivity contribution >= 4 is 102 Å². The van der Waals surface area contributed by atoms with Crippen LogP contribution in [-0.2, 0) is 0 Å². The molecule has 0 N–H and O–H groups in total. The highest BCUT2D eigenvalue weighted by molar-refractivity contribution is 7.27. The van der Waals surface area contributed by atoms with Crippen molar-refractivity contribution < 1.29 is 0 Å². The van der Waals surface area contributed by atoms with Gasteiger partial charge in [-0.2, -0.15) is 0 Å². The number of rotatable bonds is 6. The first kappa shape index (κ1) is 33.2. The fourth-order valence-corrected chi connectivity index (χ4v) is 11.5. The Balaban J connectivity index is 1.05. The summed E-state index contributed by atoms with van der Waals surface area (Å²) in [4.78, 5) is 2.50. The molecule has 12 aromatic rings. The van der Waals surface area contributed by atoms with Crippen LogP contribution in [0.4, 0.5) is 17.1 Å². The predicted molar refractivity (Wildman–Crippen MR) is 252 cm³/mol. The molecule has 2 nitrogen and oxygen atoms in total. The summed E-state index contributed by atoms with van der Waals surface area (Å²) < 4.78 is 7.58. The van der Waals surface area contributed by atoms with Crippen molar-refractivity contribution in [1.82, 2.24) is 4.57 Å². The van der Waals surface area contributed by atoms with E-state index in [1.54, 1.807) is 0 Å². The van der Waals surface area contributed by atoms with Crippen LogP contribution in [-0.4, -0.2) is 4.57 Å². The summed E-state index contributed by atoms with van der Waals surface area (Å²) in [5.74, 6) is 0. The highest BCUT2D eigenvalue weighted by atomic mass is 32.1. The van der Waals surface area contributed by atoms with E-state index in [9.17, 15) is 0 Å². The van der Waals surface area contributed by atoms with Crippen molar-refractivity contribution in [2.75, 3.05) is 4.90 Å². The van der Waals surface area contributed by atoms with Gasteiger partial charge < -0.3 is 9.47 Å². The van der Waals surface area contributed by atoms with E-state index in [2.05, 4.69) is 216 Å². The van der Waals surface area contributed by atoms with E-state index in [-0.39, 0.29) is 0 Å². The van der Waals surface area contributed by atoms with E-state index in [1.165, 1.54) is 101 Å². The molecular weight excluding hydrogens is 741 g/mol. The van der Waals surface area contributed by atoms with Crippen molar-refractivity contribution in [3.05, 3.63) is 206 Å². The zero-order valence-electron chi connectivity index (χ0n) is 31.3. The highest BCUT2D eigenvalue weighted by Gasteiger charge is 2.22. The third kappa shape index (κ3) is 5.16. The molecule has 0 fully saturated rings. The Morgan fingerprint density at radius 3 is 1.69 bits per heavy atom. The van der Waals surface area contributed by atoms with Gasteiger partial charge in [-0.25, -0.2) is 0 Å². The van der Waals surface area contributed by atoms with Crippen LogP contribution in [0.5, 0.6) is 0 Å². The molecule has 0 aliphatic heterocycles. The Morgan fingerprint density at radius 1 is 0.345 bits per heavy atom. The summed E-state index contributed by atoms with van der Waals surface area (Å²) >= 11 is 3.78. The standard InChI is InChI=1S/C54H34N2S2/c1-3-14-36(15-4-1)40-20-11-21-45-46-23-13-26-49(54(46)58-52(40)45)56(48-25-12-22-44-43-19-8-10-27-51(43)57-53(44)48)39-31-28-35(29-32-39)37-30-33-42-41-18-7-9-24-47(41)55(50(42)34-37)38-16-5-2-6-17-38/h1-34H. The van der Waals surface area contributed by atoms with Crippen molar-refractivity contribution in [3.63, 3.8) is 0 Å². The van der Waals surface area contributed by atoms with Crippen molar-refractivity contribution in [3.8, 4) is 27.9 Å². The summed E-state index contributed by atoms with van der Waals surface area (Å²) in [6.07, 6.45) is 0. The third-order valence-electron chi connectivity index (χ3n) is 11.6. The molecular formula is C54H34N2S2. The molecule has 4 heteroatoms. The molecule has 3 heterocycles. The molecule has 0 aliphatic rings. The van der Waals surface area contributed by atoms with Crippen LogP contribution in [0.3, 0.4) is 0 Å². The molecule has 58 heavy (non-hydrogen) atoms. The summed E-state index contributed by atoms with van der Waals surface area (Å²) in [5, 5.41) is 7.69. The number of hydrogen-bond donors (Lipinski definition) is 0. The van der Waals surface area contributed by atoms with Gasteiger partial charge in [-0.05, 0) is 76.9 Å². The van der Waals surface area contributed by atoms with Gasteiger partial charge in [0.1, 0.15) is 0 Å². The Kier molecular flexibility index (Phi) is 7.62. The van der Waals surface area contributed by atoms with Gasteiger partial charge in [-0.1, -0.05) is 152 Å². The summed E-state index contributed by atoms with van der Waals surface area (Å²) in [6.45, 7) is 0. The van der Waals surface area contributed by atoms with Crippen LogP contribution in [0.1, 0.15) is 0 Å². The lowest BCUT2D eigenvalue weighted by atomic mass is 10.0. The van der Waals surface area contributed by atoms with Gasteiger partial charge in [-0.15, -0.1) is 22.7 Å². The molecule has 12 rings (SSSR count). The second kappa shape index (κ2) is 13.3. The molecule has 0 unspecified atom stereocenters. The fourth-order valence-electron chi connectivity index (χ4n) is 8.95. The molecule has 272 valence electrons. The number of para-hydroxylation sites is 2. The van der Waals surface area contributed by atoms with Crippen LogP contribution in [0.2, 0.25) is 0 Å². The minimum atomic E-state index is 1.13. The number of thiophene rings is 2. The van der Waals surface area contributed by atoms with Gasteiger partial charge in [-0.3, -0.25) is 0 Å². The van der Waals surface area contributed by atoms with E-state index in [1.807, 2.05) is 22.7 Å². The first-order chi connectivity index (χ1) is 28.8. The molecule has 9 aromatic carbocycles. The van der Waals surface area contributed by atoms with E-state index < -0.39 is 0 Å². The lowest BCUT2D eigenvalue weighted by Gasteiger charge is -2.27. The Labute approximate surface area is 343 Å². The molecule has 0 saturated carbocycles. The van der Waals surface area contributed by atoms with Crippen LogP contribution in [0.25, 0.3) is 90.1 Å². The summed E-state index contributed by atoms with van der Waals surface area (Å²) in [7, 11) is 0. The van der Waals surface area contributed by atoms with Crippen LogP contribution in [0, 0.1) is 0 Å². The minimum absolute atomic E-state index is 1.13. The zero-order chi connectivity index (χ0) is 38.2. The van der Waals surface area contributed by atoms with Crippen molar-refractivity contribution in [2.24, 2.45) is 0 Å². The molecule has 0 amide bonds. The summed E-state index contributed by atoms with van der Waals surface area (Å²) in [5.41, 5.74) is 12.0. The molecule has 0 aliphatic carbocycles. The van der Waals surface area contributed by atoms with Gasteiger partial charge in [0.25, 0.3) is 0 Å². The second-order valence-corrected chi connectivity index (χ2v) is 16.9. The number of anilines is 3. The molecule has 0 spiro atoms. The predicted octanol–water partition coefficient (Wildman–Crippen LogP) is 16.3. The van der Waals surface area contributed by atoms with Crippen LogP contribution in [0.15, 0.2) is 206 Å². The first-order valence-corrected chi connectivity index (χ1v) is 21.3. The average Bonchev–Trinajstić information content (AvgIpc) is 3.98. The minimum Gasteiger partial charge on any atom is -0.309 e. The van der Waals surface area contributed by atoms with Gasteiger partial charge in [0.05, 0.1) is 31.8 Å². The Bertz CT molecular complexity index is 3500. The average molecular weight is 775 g/mol. The third-order valence-corrected chi connectivity index (χ3v) is 14.1. The zero-order valence-corrected chi connectivity index (χ0v) is 33.0. The van der Waals surface area contributed by atoms with E-state index in [0.29, 0.717) is 0 Å². The normalized spacial score (nSPS) is 11.8. The smallest absolute Gasteiger partial charge is 0.0640 e. The largest absolute Gasteiger partial charge is 0.309 e. The maximum atomic E-state index is 2.50. The number of benzene rings is 9. The lowest BCUT2D eigenvalue weighted by molar-refractivity contribution is 1.18. The van der Waals surface area contributed by atoms with Crippen molar-refractivity contribution in [2.45, 2.75) is 0 Å². The topological polar surface area (TPSA) is 8.17 Å². The lowest BCUT2D eigenvalue weighted by Crippen LogP contribution is -2.10. The van der Waals surface area contributed by atoms with Gasteiger partial charge in [0.15, 0.2) is 0 Å². The number of fused-ring (bicyclic) bond motifs is 9. The molecule has 0 saturated heterocycles. The molecule has 0 radical (unpaired) electrons. The second-order valence-electron chi connectivity index (χ2n) is 14.9. The molecule has 3 aromatic heterocycles. The molecule has 0 atom stereocenters. The maximum absolute atomic E-state index is 2.50. The number of hydrogen-bond acceptors (Lipinski definition) is 3. The highest BCUT2D eigenvalue weighted by Crippen LogP contribution is 2.50. The quantitative estimate of drug-likeness (QED) is 0.163. The monoisotopic (exact) mass is 774 g/mol. The number of aromatic nitrogens is 1.